The summed E-state index contributed by atoms with van der Waals surface area (Å²) < 4.78 is 65.7. The number of carbonyl (C=O) groups is 8. The van der Waals surface area contributed by atoms with E-state index in [-0.39, 0.29) is 213 Å². The number of hydrogen-bond donors (Lipinski definition) is 0. The molecule has 0 aromatic carbocycles. The summed E-state index contributed by atoms with van der Waals surface area (Å²) in [4.78, 5) is 94.7. The van der Waals surface area contributed by atoms with Crippen molar-refractivity contribution in [1.82, 2.24) is 0 Å². The fraction of sp³-hybridized carbons (Fsp3) is 0.925. The third-order valence-electron chi connectivity index (χ3n) is 32.5. The highest BCUT2D eigenvalue weighted by molar-refractivity contribution is 5.87. The van der Waals surface area contributed by atoms with Crippen molar-refractivity contribution >= 4 is 47.4 Å². The van der Waals surface area contributed by atoms with Gasteiger partial charge in [-0.15, -0.1) is 0 Å². The lowest BCUT2D eigenvalue weighted by Crippen LogP contribution is -2.55. The van der Waals surface area contributed by atoms with Gasteiger partial charge in [-0.1, -0.05) is 151 Å². The molecule has 20 heteroatoms. The van der Waals surface area contributed by atoms with Gasteiger partial charge in [0.1, 0.15) is 11.6 Å². The number of carbonyl (C=O) groups excluding carboxylic acids is 8. The maximum Gasteiger partial charge on any atom is 0.313 e. The average molecular weight is 1810 g/mol. The van der Waals surface area contributed by atoms with Crippen LogP contribution in [0.1, 0.15) is 405 Å². The maximum atomic E-state index is 12.3. The first-order valence-corrected chi connectivity index (χ1v) is 46.5. The van der Waals surface area contributed by atoms with Gasteiger partial charge < -0.3 is 56.8 Å². The van der Waals surface area contributed by atoms with Crippen molar-refractivity contribution in [2.24, 2.45) is 158 Å². The number of ketones is 2. The van der Waals surface area contributed by atoms with Crippen molar-refractivity contribution in [2.45, 2.75) is 429 Å². The fourth-order valence-corrected chi connectivity index (χ4v) is 24.5. The molecule has 0 heterocycles. The SMILES string of the molecule is C.C.C.C.C.C.C.C.C.C.C.C.CCC(C)(C)C(=O)OCOC1C2CC3CC(C2)C(=O)C1C3.CCC(C)(C)C(=O)OCOC1CC2CCC1C2.CCC(C)(C)C(=O)OCOCC1C2CC3CC(C2)CC1C3.CCC(C)C(=O)OCOC1C2CC3CC(C2)C(=O)C1C3.CCC(C)C(=O)OCOC1CC2CCC1C2.CCC(C)C(=O)OCOCC12CC3CC(CC(C3)C1)C2. The van der Waals surface area contributed by atoms with Gasteiger partial charge in [-0.05, 0) is 354 Å². The number of rotatable bonds is 32. The molecule has 750 valence electrons. The van der Waals surface area contributed by atoms with Crippen LogP contribution in [0.2, 0.25) is 0 Å². The lowest BCUT2D eigenvalue weighted by atomic mass is 9.50. The van der Waals surface area contributed by atoms with Gasteiger partial charge in [-0.3, -0.25) is 38.4 Å². The van der Waals surface area contributed by atoms with Gasteiger partial charge >= 0.3 is 35.8 Å². The Bertz CT molecular complexity index is 3130. The molecule has 0 aliphatic heterocycles. The lowest BCUT2D eigenvalue weighted by Gasteiger charge is -2.56. The molecule has 0 aromatic rings. The fourth-order valence-electron chi connectivity index (χ4n) is 24.5. The summed E-state index contributed by atoms with van der Waals surface area (Å²) in [7, 11) is 0. The van der Waals surface area contributed by atoms with Gasteiger partial charge in [0, 0.05) is 23.7 Å². The third-order valence-corrected chi connectivity index (χ3v) is 32.5. The van der Waals surface area contributed by atoms with Crippen LogP contribution in [0, 0.1) is 158 Å². The van der Waals surface area contributed by atoms with Crippen LogP contribution in [-0.2, 0) is 95.2 Å². The van der Waals surface area contributed by atoms with E-state index in [2.05, 4.69) is 0 Å². The molecule has 0 radical (unpaired) electrons. The Kier molecular flexibility index (Phi) is 55.4. The van der Waals surface area contributed by atoms with Crippen LogP contribution in [0.15, 0.2) is 0 Å². The molecule has 20 rings (SSSR count). The van der Waals surface area contributed by atoms with Gasteiger partial charge in [0.05, 0.1) is 71.6 Å². The number of fused-ring (bicyclic) bond motifs is 4. The molecule has 0 amide bonds. The van der Waals surface area contributed by atoms with E-state index >= 15 is 0 Å². The van der Waals surface area contributed by atoms with Gasteiger partial charge in [-0.25, -0.2) is 0 Å². The molecule has 0 saturated heterocycles. The van der Waals surface area contributed by atoms with Gasteiger partial charge in [0.15, 0.2) is 40.8 Å². The Balaban J connectivity index is 0. The standard InChI is InChI=1S/C18H30O3.C17H26O4.C17H28O3.C16H24O4.C14H24O3.C13H22O3.12CH4/c1-4-18(2,3)17(19)21-11-20-10-16-14-6-12-5-13(8-14)9-15(16)7-12;1-4-17(2,3)16(19)21-9-20-15-12-6-10-5-11(8-12)14(18)13(15)7-10;1-3-12(2)16(18)20-11-19-10-17-7-13-4-14(8-17)6-15(5-13)9-17;1-3-9(2)16(18)20-8-19-15-12-5-10-4-11(7-12)14(17)13(15)6-10;1-4-14(2,3)13(15)17-9-16-12-8-10-5-6-11(12)7-10;1-3-9(2)13(14)16-8-15-12-7-10-4-5-11(12)6-10;;;;;;;;;;;;/h12-16H,4-11H2,1-3H3;10-13,15H,4-9H2,1-3H3;12-15H,3-11H2,1-2H3;9-13,15H,3-8H2,1-2H3;10-12H,4-9H2,1-3H3;9-12H,3-8H2,1-2H3;12*1H4. The predicted octanol–water partition coefficient (Wildman–Crippen LogP) is 26.8. The van der Waals surface area contributed by atoms with Crippen LogP contribution < -0.4 is 0 Å². The summed E-state index contributed by atoms with van der Waals surface area (Å²) in [6.45, 7) is 31.1. The predicted molar refractivity (Wildman–Crippen MR) is 515 cm³/mol. The van der Waals surface area contributed by atoms with E-state index < -0.39 is 16.2 Å². The van der Waals surface area contributed by atoms with Crippen LogP contribution in [0.25, 0.3) is 0 Å². The van der Waals surface area contributed by atoms with Crippen LogP contribution in [0.3, 0.4) is 0 Å². The molecule has 19 atom stereocenters. The van der Waals surface area contributed by atoms with E-state index in [0.717, 1.165) is 173 Å². The van der Waals surface area contributed by atoms with E-state index in [4.69, 9.17) is 56.8 Å². The second-order valence-corrected chi connectivity index (χ2v) is 41.8. The van der Waals surface area contributed by atoms with Crippen molar-refractivity contribution in [1.29, 1.82) is 0 Å². The van der Waals surface area contributed by atoms with E-state index in [9.17, 15) is 38.4 Å². The number of hydrogen-bond acceptors (Lipinski definition) is 20. The molecule has 20 bridgehead atoms. The van der Waals surface area contributed by atoms with Crippen LogP contribution in [-0.4, -0.2) is 126 Å². The average Bonchev–Trinajstić information content (AvgIpc) is 1.07. The smallest absolute Gasteiger partial charge is 0.313 e. The van der Waals surface area contributed by atoms with Crippen molar-refractivity contribution in [3.63, 3.8) is 0 Å². The molecule has 20 fully saturated rings. The minimum atomic E-state index is -0.469. The summed E-state index contributed by atoms with van der Waals surface area (Å²) in [5.74, 6) is 13.4. The zero-order valence-corrected chi connectivity index (χ0v) is 73.7. The molecular weight excluding hydrogens is 1610 g/mol. The molecule has 19 unspecified atom stereocenters. The van der Waals surface area contributed by atoms with Gasteiger partial charge in [0.2, 0.25) is 0 Å². The first-order chi connectivity index (χ1) is 54.8. The molecule has 127 heavy (non-hydrogen) atoms. The highest BCUT2D eigenvalue weighted by Crippen LogP contribution is 2.61. The molecule has 0 N–H and O–H groups in total. The molecule has 20 aliphatic rings. The third kappa shape index (κ3) is 32.3. The zero-order chi connectivity index (χ0) is 82.7. The normalized spacial score (nSPS) is 33.6. The first-order valence-electron chi connectivity index (χ1n) is 46.5. The quantitative estimate of drug-likeness (QED) is 0.0263. The topological polar surface area (TPSA) is 247 Å². The van der Waals surface area contributed by atoms with E-state index in [1.54, 1.807) is 0 Å². The Morgan fingerprint density at radius 1 is 0.323 bits per heavy atom. The summed E-state index contributed by atoms with van der Waals surface area (Å²) in [5.41, 5.74) is -0.842. The van der Waals surface area contributed by atoms with Gasteiger partial charge in [-0.2, -0.15) is 0 Å². The lowest BCUT2D eigenvalue weighted by molar-refractivity contribution is -0.194. The Labute approximate surface area is 779 Å². The van der Waals surface area contributed by atoms with Gasteiger partial charge in [0.25, 0.3) is 0 Å². The molecule has 20 aliphatic carbocycles. The summed E-state index contributed by atoms with van der Waals surface area (Å²) in [5, 5.41) is 0. The minimum Gasteiger partial charge on any atom is -0.438 e. The van der Waals surface area contributed by atoms with Crippen LogP contribution >= 0.6 is 0 Å². The Morgan fingerprint density at radius 2 is 0.622 bits per heavy atom. The van der Waals surface area contributed by atoms with E-state index in [1.807, 2.05) is 104 Å². The second-order valence-electron chi connectivity index (χ2n) is 41.8. The summed E-state index contributed by atoms with van der Waals surface area (Å²) in [6.07, 6.45) is 39.8. The van der Waals surface area contributed by atoms with E-state index in [1.165, 1.54) is 135 Å². The molecule has 20 saturated carbocycles. The molecule has 0 spiro atoms. The highest BCUT2D eigenvalue weighted by atomic mass is 16.7. The zero-order valence-electron chi connectivity index (χ0n) is 73.7. The maximum absolute atomic E-state index is 12.3. The summed E-state index contributed by atoms with van der Waals surface area (Å²) in [6, 6.07) is 0. The molecule has 0 aromatic heterocycles. The van der Waals surface area contributed by atoms with E-state index in [0.29, 0.717) is 46.9 Å². The van der Waals surface area contributed by atoms with Crippen molar-refractivity contribution < 1.29 is 95.2 Å². The Morgan fingerprint density at radius 3 is 0.961 bits per heavy atom. The largest absolute Gasteiger partial charge is 0.438 e. The van der Waals surface area contributed by atoms with Crippen molar-refractivity contribution in [2.75, 3.05) is 54.0 Å². The molecular formula is C107H202O20. The van der Waals surface area contributed by atoms with Crippen LogP contribution in [0.5, 0.6) is 0 Å². The monoisotopic (exact) mass is 1810 g/mol. The van der Waals surface area contributed by atoms with Crippen molar-refractivity contribution in [3.8, 4) is 0 Å². The number of Topliss-reactive ketones (excluding diaryl/α,β-unsaturated/α-hetero) is 2. The second kappa shape index (κ2) is 56.3. The van der Waals surface area contributed by atoms with Crippen molar-refractivity contribution in [3.05, 3.63) is 0 Å². The molecule has 20 nitrogen and oxygen atoms in total. The number of esters is 6. The Hall–Kier alpha value is -4.08. The minimum absolute atomic E-state index is 0. The first kappa shape index (κ1) is 125. The highest BCUT2D eigenvalue weighted by Gasteiger charge is 2.57. The van der Waals surface area contributed by atoms with Crippen LogP contribution in [0.4, 0.5) is 0 Å². The summed E-state index contributed by atoms with van der Waals surface area (Å²) >= 11 is 0. The number of ether oxygens (including phenoxy) is 12.